The zero-order valence-corrected chi connectivity index (χ0v) is 15.1. The van der Waals surface area contributed by atoms with E-state index < -0.39 is 0 Å². The lowest BCUT2D eigenvalue weighted by molar-refractivity contribution is 0.0857. The van der Waals surface area contributed by atoms with Gasteiger partial charge in [0.15, 0.2) is 6.10 Å². The van der Waals surface area contributed by atoms with Gasteiger partial charge in [-0.15, -0.1) is 0 Å². The molecule has 0 spiro atoms. The van der Waals surface area contributed by atoms with Gasteiger partial charge < -0.3 is 9.82 Å². The van der Waals surface area contributed by atoms with Gasteiger partial charge in [0.1, 0.15) is 5.71 Å². The van der Waals surface area contributed by atoms with Gasteiger partial charge in [-0.1, -0.05) is 84.0 Å². The number of oxime groups is 1. The molecule has 132 valence electrons. The summed E-state index contributed by atoms with van der Waals surface area (Å²) in [4.78, 5) is 9.43. The minimum atomic E-state index is -0.0302. The topological polar surface area (TPSA) is 37.4 Å². The fourth-order valence-electron chi connectivity index (χ4n) is 3.86. The van der Waals surface area contributed by atoms with E-state index in [0.29, 0.717) is 0 Å². The van der Waals surface area contributed by atoms with Crippen LogP contribution >= 0.6 is 0 Å². The number of H-pyrrole nitrogens is 1. The highest BCUT2D eigenvalue weighted by atomic mass is 16.6. The molecular formula is C24H20N2O. The molecule has 2 heterocycles. The van der Waals surface area contributed by atoms with Crippen molar-refractivity contribution < 1.29 is 4.84 Å². The van der Waals surface area contributed by atoms with E-state index in [2.05, 4.69) is 71.7 Å². The lowest BCUT2D eigenvalue weighted by atomic mass is 9.96. The summed E-state index contributed by atoms with van der Waals surface area (Å²) in [5.74, 6) is 0. The lowest BCUT2D eigenvalue weighted by Crippen LogP contribution is -2.03. The second kappa shape index (κ2) is 6.44. The van der Waals surface area contributed by atoms with Crippen LogP contribution in [0, 0.1) is 6.92 Å². The zero-order chi connectivity index (χ0) is 18.2. The highest BCUT2D eigenvalue weighted by molar-refractivity contribution is 6.13. The molecule has 27 heavy (non-hydrogen) atoms. The molecule has 1 unspecified atom stereocenters. The molecule has 0 amide bonds. The maximum absolute atomic E-state index is 5.79. The Morgan fingerprint density at radius 2 is 1.63 bits per heavy atom. The molecule has 5 rings (SSSR count). The van der Waals surface area contributed by atoms with Crippen LogP contribution in [0.25, 0.3) is 22.0 Å². The Morgan fingerprint density at radius 3 is 2.41 bits per heavy atom. The van der Waals surface area contributed by atoms with Crippen molar-refractivity contribution in [2.45, 2.75) is 19.4 Å². The van der Waals surface area contributed by atoms with Crippen LogP contribution in [-0.4, -0.2) is 10.7 Å². The average molecular weight is 352 g/mol. The monoisotopic (exact) mass is 352 g/mol. The van der Waals surface area contributed by atoms with Crippen LogP contribution in [0.3, 0.4) is 0 Å². The Labute approximate surface area is 158 Å². The third-order valence-corrected chi connectivity index (χ3v) is 5.23. The van der Waals surface area contributed by atoms with Gasteiger partial charge >= 0.3 is 0 Å². The molecular weight excluding hydrogens is 332 g/mol. The van der Waals surface area contributed by atoms with E-state index in [0.717, 1.165) is 28.9 Å². The number of benzene rings is 3. The summed E-state index contributed by atoms with van der Waals surface area (Å²) in [7, 11) is 0. The molecule has 1 aliphatic heterocycles. The average Bonchev–Trinajstić information content (AvgIpc) is 3.35. The van der Waals surface area contributed by atoms with Crippen molar-refractivity contribution in [2.24, 2.45) is 5.16 Å². The molecule has 1 aromatic heterocycles. The number of nitrogens with one attached hydrogen (secondary N) is 1. The molecule has 1 atom stereocenters. The predicted octanol–water partition coefficient (Wildman–Crippen LogP) is 6.01. The Kier molecular flexibility index (Phi) is 3.79. The lowest BCUT2D eigenvalue weighted by Gasteiger charge is -2.08. The Hall–Kier alpha value is -3.33. The van der Waals surface area contributed by atoms with E-state index in [-0.39, 0.29) is 6.10 Å². The standard InChI is InChI=1S/C24H20N2O/c1-16-9-8-14-19-22(18-12-6-3-7-13-18)24(25-23(16)19)20-15-21(27-26-20)17-10-4-2-5-11-17/h2-14,21,25H,15H2,1H3. The summed E-state index contributed by atoms with van der Waals surface area (Å²) in [6.07, 6.45) is 0.729. The highest BCUT2D eigenvalue weighted by Gasteiger charge is 2.27. The maximum atomic E-state index is 5.79. The van der Waals surface area contributed by atoms with Gasteiger partial charge in [0.2, 0.25) is 0 Å². The van der Waals surface area contributed by atoms with Crippen LogP contribution in [0.15, 0.2) is 84.0 Å². The minimum absolute atomic E-state index is 0.0302. The molecule has 3 heteroatoms. The van der Waals surface area contributed by atoms with E-state index in [9.17, 15) is 0 Å². The third kappa shape index (κ3) is 2.72. The van der Waals surface area contributed by atoms with Crippen LogP contribution in [0.1, 0.15) is 29.3 Å². The summed E-state index contributed by atoms with van der Waals surface area (Å²) in [5, 5.41) is 5.68. The quantitative estimate of drug-likeness (QED) is 0.482. The van der Waals surface area contributed by atoms with Gasteiger partial charge in [-0.2, -0.15) is 0 Å². The second-order valence-electron chi connectivity index (χ2n) is 6.99. The third-order valence-electron chi connectivity index (χ3n) is 5.23. The van der Waals surface area contributed by atoms with Crippen LogP contribution in [0.4, 0.5) is 0 Å². The number of aromatic nitrogens is 1. The SMILES string of the molecule is Cc1cccc2c(-c3ccccc3)c(C3=NOC(c4ccccc4)C3)[nH]c12. The summed E-state index contributed by atoms with van der Waals surface area (Å²) >= 11 is 0. The highest BCUT2D eigenvalue weighted by Crippen LogP contribution is 2.37. The molecule has 0 saturated carbocycles. The zero-order valence-electron chi connectivity index (χ0n) is 15.1. The Bertz CT molecular complexity index is 1130. The van der Waals surface area contributed by atoms with E-state index in [4.69, 9.17) is 4.84 Å². The summed E-state index contributed by atoms with van der Waals surface area (Å²) in [6.45, 7) is 2.14. The number of nitrogens with zero attached hydrogens (tertiary/aromatic N) is 1. The normalized spacial score (nSPS) is 16.3. The number of aryl methyl sites for hydroxylation is 1. The fraction of sp³-hybridized carbons (Fsp3) is 0.125. The summed E-state index contributed by atoms with van der Waals surface area (Å²) < 4.78 is 0. The van der Waals surface area contributed by atoms with Crippen LogP contribution in [0.5, 0.6) is 0 Å². The van der Waals surface area contributed by atoms with Gasteiger partial charge in [0, 0.05) is 22.9 Å². The minimum Gasteiger partial charge on any atom is -0.387 e. The second-order valence-corrected chi connectivity index (χ2v) is 6.99. The first-order valence-electron chi connectivity index (χ1n) is 9.26. The van der Waals surface area contributed by atoms with Crippen molar-refractivity contribution >= 4 is 16.6 Å². The molecule has 3 nitrogen and oxygen atoms in total. The van der Waals surface area contributed by atoms with Gasteiger partial charge in [-0.05, 0) is 23.6 Å². The van der Waals surface area contributed by atoms with Crippen LogP contribution < -0.4 is 0 Å². The first-order chi connectivity index (χ1) is 13.3. The fourth-order valence-corrected chi connectivity index (χ4v) is 3.86. The molecule has 0 radical (unpaired) electrons. The van der Waals surface area contributed by atoms with Crippen molar-refractivity contribution in [1.82, 2.24) is 4.98 Å². The summed E-state index contributed by atoms with van der Waals surface area (Å²) in [5.41, 5.74) is 7.97. The van der Waals surface area contributed by atoms with Crippen molar-refractivity contribution in [3.8, 4) is 11.1 Å². The van der Waals surface area contributed by atoms with E-state index >= 15 is 0 Å². The number of hydrogen-bond donors (Lipinski definition) is 1. The number of rotatable bonds is 3. The van der Waals surface area contributed by atoms with Crippen LogP contribution in [-0.2, 0) is 4.84 Å². The molecule has 3 aromatic carbocycles. The molecule has 0 bridgehead atoms. The molecule has 0 aliphatic carbocycles. The van der Waals surface area contributed by atoms with Crippen molar-refractivity contribution in [3.63, 3.8) is 0 Å². The van der Waals surface area contributed by atoms with Crippen molar-refractivity contribution in [2.75, 3.05) is 0 Å². The largest absolute Gasteiger partial charge is 0.387 e. The molecule has 0 saturated heterocycles. The van der Waals surface area contributed by atoms with E-state index in [1.165, 1.54) is 22.1 Å². The first-order valence-corrected chi connectivity index (χ1v) is 9.26. The maximum Gasteiger partial charge on any atom is 0.158 e. The Morgan fingerprint density at radius 1 is 0.889 bits per heavy atom. The Balaban J connectivity index is 1.63. The first kappa shape index (κ1) is 15.9. The molecule has 1 aliphatic rings. The smallest absolute Gasteiger partial charge is 0.158 e. The number of fused-ring (bicyclic) bond motifs is 1. The van der Waals surface area contributed by atoms with Gasteiger partial charge in [0.05, 0.1) is 5.69 Å². The van der Waals surface area contributed by atoms with Gasteiger partial charge in [-0.3, -0.25) is 0 Å². The van der Waals surface area contributed by atoms with Crippen molar-refractivity contribution in [3.05, 3.63) is 95.7 Å². The number of hydrogen-bond acceptors (Lipinski definition) is 2. The van der Waals surface area contributed by atoms with Crippen molar-refractivity contribution in [1.29, 1.82) is 0 Å². The molecule has 1 N–H and O–H groups in total. The predicted molar refractivity (Wildman–Crippen MR) is 110 cm³/mol. The van der Waals surface area contributed by atoms with E-state index in [1.54, 1.807) is 0 Å². The number of aromatic amines is 1. The van der Waals surface area contributed by atoms with Crippen LogP contribution in [0.2, 0.25) is 0 Å². The molecule has 4 aromatic rings. The number of para-hydroxylation sites is 1. The molecule has 0 fully saturated rings. The van der Waals surface area contributed by atoms with Gasteiger partial charge in [0.25, 0.3) is 0 Å². The van der Waals surface area contributed by atoms with Gasteiger partial charge in [-0.25, -0.2) is 0 Å². The van der Waals surface area contributed by atoms with E-state index in [1.807, 2.05) is 24.3 Å². The summed E-state index contributed by atoms with van der Waals surface area (Å²) in [6, 6.07) is 27.2.